The van der Waals surface area contributed by atoms with E-state index in [0.717, 1.165) is 18.7 Å². The molecule has 2 rings (SSSR count). The minimum Gasteiger partial charge on any atom is -0.496 e. The van der Waals surface area contributed by atoms with E-state index in [1.54, 1.807) is 7.11 Å². The lowest BCUT2D eigenvalue weighted by atomic mass is 10.1. The molecule has 5 nitrogen and oxygen atoms in total. The molecule has 1 aromatic rings. The topological polar surface area (TPSA) is 79.9 Å². The number of hydrogen-bond acceptors (Lipinski definition) is 6. The predicted molar refractivity (Wildman–Crippen MR) is 90.8 cm³/mol. The van der Waals surface area contributed by atoms with Gasteiger partial charge in [-0.25, -0.2) is 0 Å². The quantitative estimate of drug-likeness (QED) is 0.320. The van der Waals surface area contributed by atoms with Gasteiger partial charge in [-0.1, -0.05) is 11.2 Å². The second-order valence-corrected chi connectivity index (χ2v) is 7.28. The lowest BCUT2D eigenvalue weighted by Crippen LogP contribution is -2.28. The molecule has 1 saturated heterocycles. The van der Waals surface area contributed by atoms with Crippen molar-refractivity contribution in [3.05, 3.63) is 29.3 Å². The highest BCUT2D eigenvalue weighted by atomic mass is 32.2. The number of amidine groups is 1. The Bertz CT molecular complexity index is 491. The summed E-state index contributed by atoms with van der Waals surface area (Å²) in [5.41, 5.74) is 7.34. The maximum atomic E-state index is 8.75. The Kier molecular flexibility index (Phi) is 6.53. The number of nitrogens with zero attached hydrogens (tertiary/aromatic N) is 1. The smallest absolute Gasteiger partial charge is 0.173 e. The fraction of sp³-hybridized carbons (Fsp3) is 0.500. The number of benzene rings is 1. The van der Waals surface area contributed by atoms with Crippen LogP contribution in [0.2, 0.25) is 0 Å². The second-order valence-electron chi connectivity index (χ2n) is 4.72. The Labute approximate surface area is 133 Å². The van der Waals surface area contributed by atoms with Gasteiger partial charge >= 0.3 is 0 Å². The molecule has 0 spiro atoms. The Morgan fingerprint density at radius 2 is 2.38 bits per heavy atom. The summed E-state index contributed by atoms with van der Waals surface area (Å²) in [6.45, 7) is 1.80. The first-order valence-electron chi connectivity index (χ1n) is 6.79. The van der Waals surface area contributed by atoms with Crippen molar-refractivity contribution in [3.63, 3.8) is 0 Å². The van der Waals surface area contributed by atoms with Crippen molar-refractivity contribution in [2.75, 3.05) is 30.9 Å². The van der Waals surface area contributed by atoms with Crippen LogP contribution in [-0.4, -0.2) is 47.2 Å². The van der Waals surface area contributed by atoms with Gasteiger partial charge in [0.1, 0.15) is 5.75 Å². The highest BCUT2D eigenvalue weighted by Crippen LogP contribution is 2.23. The molecular weight excluding hydrogens is 306 g/mol. The number of nitrogens with one attached hydrogen (secondary N) is 1. The van der Waals surface area contributed by atoms with Crippen molar-refractivity contribution >= 4 is 29.4 Å². The van der Waals surface area contributed by atoms with Crippen molar-refractivity contribution in [2.45, 2.75) is 11.8 Å². The minimum absolute atomic E-state index is 0.0574. The molecule has 1 fully saturated rings. The molecule has 21 heavy (non-hydrogen) atoms. The summed E-state index contributed by atoms with van der Waals surface area (Å²) in [5, 5.41) is 15.9. The van der Waals surface area contributed by atoms with Gasteiger partial charge in [0.15, 0.2) is 5.84 Å². The molecule has 0 bridgehead atoms. The van der Waals surface area contributed by atoms with E-state index in [2.05, 4.69) is 10.5 Å². The summed E-state index contributed by atoms with van der Waals surface area (Å²) in [4.78, 5) is 0. The fourth-order valence-corrected chi connectivity index (χ4v) is 4.79. The van der Waals surface area contributed by atoms with Crippen LogP contribution >= 0.6 is 23.5 Å². The van der Waals surface area contributed by atoms with Crippen molar-refractivity contribution in [1.82, 2.24) is 5.32 Å². The Hall–Kier alpha value is -1.05. The molecule has 1 atom stereocenters. The maximum Gasteiger partial charge on any atom is 0.173 e. The van der Waals surface area contributed by atoms with Gasteiger partial charge in [0.05, 0.1) is 12.7 Å². The van der Waals surface area contributed by atoms with E-state index in [0.29, 0.717) is 16.6 Å². The van der Waals surface area contributed by atoms with Crippen LogP contribution in [0.1, 0.15) is 11.1 Å². The number of rotatable bonds is 6. The summed E-state index contributed by atoms with van der Waals surface area (Å²) in [6.07, 6.45) is 0. The Morgan fingerprint density at radius 3 is 3.05 bits per heavy atom. The van der Waals surface area contributed by atoms with Gasteiger partial charge in [-0.2, -0.15) is 23.5 Å². The van der Waals surface area contributed by atoms with Gasteiger partial charge in [-0.05, 0) is 17.7 Å². The average Bonchev–Trinajstić information content (AvgIpc) is 2.55. The van der Waals surface area contributed by atoms with Crippen LogP contribution in [0.5, 0.6) is 5.75 Å². The standard InChI is InChI=1S/C14H21N3O2S2/c1-19-13-6-10(2-3-12(13)14(15)17-18)7-16-8-11-9-20-4-5-21-11/h2-3,6,11,16,18H,4-5,7-9H2,1H3,(H2,15,17). The first-order valence-corrected chi connectivity index (χ1v) is 9.00. The number of hydrogen-bond donors (Lipinski definition) is 3. The minimum atomic E-state index is 0.0574. The van der Waals surface area contributed by atoms with Crippen LogP contribution in [0.3, 0.4) is 0 Å². The van der Waals surface area contributed by atoms with Gasteiger partial charge in [0, 0.05) is 35.6 Å². The van der Waals surface area contributed by atoms with E-state index in [1.807, 2.05) is 41.7 Å². The molecule has 0 radical (unpaired) electrons. The normalized spacial score (nSPS) is 19.5. The van der Waals surface area contributed by atoms with Gasteiger partial charge in [0.2, 0.25) is 0 Å². The van der Waals surface area contributed by atoms with Crippen LogP contribution in [0, 0.1) is 0 Å². The van der Waals surface area contributed by atoms with Crippen molar-refractivity contribution in [3.8, 4) is 5.75 Å². The zero-order valence-electron chi connectivity index (χ0n) is 12.0. The molecule has 0 aliphatic carbocycles. The van der Waals surface area contributed by atoms with Crippen LogP contribution in [-0.2, 0) is 6.54 Å². The third-order valence-corrected chi connectivity index (χ3v) is 6.08. The maximum absolute atomic E-state index is 8.75. The third kappa shape index (κ3) is 4.72. The van der Waals surface area contributed by atoms with E-state index in [4.69, 9.17) is 15.7 Å². The van der Waals surface area contributed by atoms with Gasteiger partial charge < -0.3 is 21.0 Å². The Balaban J connectivity index is 1.91. The highest BCUT2D eigenvalue weighted by Gasteiger charge is 2.14. The zero-order valence-corrected chi connectivity index (χ0v) is 13.7. The molecular formula is C14H21N3O2S2. The summed E-state index contributed by atoms with van der Waals surface area (Å²) in [7, 11) is 1.58. The summed E-state index contributed by atoms with van der Waals surface area (Å²) >= 11 is 4.08. The molecule has 1 aliphatic heterocycles. The lowest BCUT2D eigenvalue weighted by molar-refractivity contribution is 0.318. The van der Waals surface area contributed by atoms with E-state index < -0.39 is 0 Å². The molecule has 7 heteroatoms. The van der Waals surface area contributed by atoms with Crippen LogP contribution in [0.25, 0.3) is 0 Å². The molecule has 1 heterocycles. The first kappa shape index (κ1) is 16.3. The predicted octanol–water partition coefficient (Wildman–Crippen LogP) is 1.73. The first-order chi connectivity index (χ1) is 10.2. The Morgan fingerprint density at radius 1 is 1.52 bits per heavy atom. The number of nitrogens with two attached hydrogens (primary N) is 1. The third-order valence-electron chi connectivity index (χ3n) is 3.24. The number of thioether (sulfide) groups is 2. The molecule has 116 valence electrons. The zero-order chi connectivity index (χ0) is 15.1. The molecule has 1 aliphatic rings. The summed E-state index contributed by atoms with van der Waals surface area (Å²) in [6, 6.07) is 5.70. The van der Waals surface area contributed by atoms with E-state index in [-0.39, 0.29) is 5.84 Å². The lowest BCUT2D eigenvalue weighted by Gasteiger charge is -2.21. The van der Waals surface area contributed by atoms with Crippen molar-refractivity contribution < 1.29 is 9.94 Å². The van der Waals surface area contributed by atoms with Crippen molar-refractivity contribution in [2.24, 2.45) is 10.9 Å². The summed E-state index contributed by atoms with van der Waals surface area (Å²) < 4.78 is 5.30. The average molecular weight is 327 g/mol. The number of methoxy groups -OCH3 is 1. The van der Waals surface area contributed by atoms with Gasteiger partial charge in [0.25, 0.3) is 0 Å². The van der Waals surface area contributed by atoms with E-state index in [9.17, 15) is 0 Å². The molecule has 1 unspecified atom stereocenters. The van der Waals surface area contributed by atoms with Crippen LogP contribution in [0.15, 0.2) is 23.4 Å². The van der Waals surface area contributed by atoms with E-state index >= 15 is 0 Å². The number of ether oxygens (including phenoxy) is 1. The van der Waals surface area contributed by atoms with Gasteiger partial charge in [-0.15, -0.1) is 0 Å². The SMILES string of the molecule is COc1cc(CNCC2CSCCS2)ccc1/C(N)=N/O. The van der Waals surface area contributed by atoms with Crippen molar-refractivity contribution in [1.29, 1.82) is 0 Å². The summed E-state index contributed by atoms with van der Waals surface area (Å²) in [5.74, 6) is 4.42. The largest absolute Gasteiger partial charge is 0.496 e. The fourth-order valence-electron chi connectivity index (χ4n) is 2.14. The molecule has 1 aromatic carbocycles. The van der Waals surface area contributed by atoms with Crippen LogP contribution < -0.4 is 15.8 Å². The number of oxime groups is 1. The van der Waals surface area contributed by atoms with Gasteiger partial charge in [-0.3, -0.25) is 0 Å². The highest BCUT2D eigenvalue weighted by molar-refractivity contribution is 8.06. The monoisotopic (exact) mass is 327 g/mol. The molecule has 0 amide bonds. The second kappa shape index (κ2) is 8.41. The molecule has 0 saturated carbocycles. The molecule has 4 N–H and O–H groups in total. The molecule has 0 aromatic heterocycles. The van der Waals surface area contributed by atoms with E-state index in [1.165, 1.54) is 17.3 Å². The van der Waals surface area contributed by atoms with Crippen LogP contribution in [0.4, 0.5) is 0 Å².